The Morgan fingerprint density at radius 1 is 1.00 bits per heavy atom. The molecule has 0 bridgehead atoms. The van der Waals surface area contributed by atoms with E-state index in [1.807, 2.05) is 31.2 Å². The SMILES string of the molecule is CCCNC(=O)C1(c2ccc(NS(=O)(=O)c3ccc4c(c3)CCCC4)cc2)CC1. The van der Waals surface area contributed by atoms with E-state index in [0.717, 1.165) is 49.7 Å². The highest BCUT2D eigenvalue weighted by atomic mass is 32.2. The number of nitrogens with one attached hydrogen (secondary N) is 2. The van der Waals surface area contributed by atoms with Crippen LogP contribution in [0.15, 0.2) is 47.4 Å². The van der Waals surface area contributed by atoms with Gasteiger partial charge in [-0.05, 0) is 85.9 Å². The third kappa shape index (κ3) is 4.04. The molecule has 2 aromatic rings. The van der Waals surface area contributed by atoms with Crippen LogP contribution in [0.2, 0.25) is 0 Å². The summed E-state index contributed by atoms with van der Waals surface area (Å²) in [6, 6.07) is 12.7. The van der Waals surface area contributed by atoms with Crippen LogP contribution < -0.4 is 10.0 Å². The van der Waals surface area contributed by atoms with Crippen molar-refractivity contribution in [1.29, 1.82) is 0 Å². The van der Waals surface area contributed by atoms with Gasteiger partial charge in [-0.3, -0.25) is 9.52 Å². The zero-order chi connectivity index (χ0) is 20.5. The Kier molecular flexibility index (Phi) is 5.38. The minimum absolute atomic E-state index is 0.0711. The van der Waals surface area contributed by atoms with Crippen LogP contribution >= 0.6 is 0 Å². The molecule has 0 radical (unpaired) electrons. The number of aryl methyl sites for hydroxylation is 2. The maximum atomic E-state index is 12.8. The largest absolute Gasteiger partial charge is 0.355 e. The van der Waals surface area contributed by atoms with Crippen molar-refractivity contribution in [3.63, 3.8) is 0 Å². The standard InChI is InChI=1S/C23H28N2O3S/c1-2-15-24-22(26)23(13-14-23)19-8-10-20(11-9-19)25-29(27,28)21-12-7-17-5-3-4-6-18(17)16-21/h7-12,16,25H,2-6,13-15H2,1H3,(H,24,26). The van der Waals surface area contributed by atoms with Crippen LogP contribution in [0.4, 0.5) is 5.69 Å². The fourth-order valence-electron chi connectivity index (χ4n) is 4.13. The molecule has 4 rings (SSSR count). The number of carbonyl (C=O) groups excluding carboxylic acids is 1. The summed E-state index contributed by atoms with van der Waals surface area (Å²) in [5.41, 5.74) is 3.42. The van der Waals surface area contributed by atoms with E-state index in [9.17, 15) is 13.2 Å². The predicted molar refractivity (Wildman–Crippen MR) is 115 cm³/mol. The minimum Gasteiger partial charge on any atom is -0.355 e. The Morgan fingerprint density at radius 3 is 2.34 bits per heavy atom. The van der Waals surface area contributed by atoms with Crippen molar-refractivity contribution < 1.29 is 13.2 Å². The van der Waals surface area contributed by atoms with Crippen LogP contribution in [0.25, 0.3) is 0 Å². The Balaban J connectivity index is 1.49. The van der Waals surface area contributed by atoms with Gasteiger partial charge in [0.05, 0.1) is 10.3 Å². The second kappa shape index (κ2) is 7.82. The number of rotatable bonds is 7. The molecule has 154 valence electrons. The normalized spacial score (nSPS) is 17.3. The lowest BCUT2D eigenvalue weighted by molar-refractivity contribution is -0.123. The Hall–Kier alpha value is -2.34. The molecule has 2 aliphatic rings. The number of amides is 1. The molecule has 2 aromatic carbocycles. The van der Waals surface area contributed by atoms with E-state index in [1.165, 1.54) is 12.0 Å². The summed E-state index contributed by atoms with van der Waals surface area (Å²) in [7, 11) is -3.64. The average molecular weight is 413 g/mol. The van der Waals surface area contributed by atoms with Crippen molar-refractivity contribution in [3.8, 4) is 0 Å². The molecular weight excluding hydrogens is 384 g/mol. The molecule has 2 N–H and O–H groups in total. The van der Waals surface area contributed by atoms with Gasteiger partial charge in [0.1, 0.15) is 0 Å². The van der Waals surface area contributed by atoms with Gasteiger partial charge in [-0.25, -0.2) is 8.42 Å². The predicted octanol–water partition coefficient (Wildman–Crippen LogP) is 3.92. The molecule has 0 unspecified atom stereocenters. The highest BCUT2D eigenvalue weighted by molar-refractivity contribution is 7.92. The third-order valence-electron chi connectivity index (χ3n) is 6.04. The lowest BCUT2D eigenvalue weighted by Crippen LogP contribution is -2.35. The molecule has 0 spiro atoms. The minimum atomic E-state index is -3.64. The summed E-state index contributed by atoms with van der Waals surface area (Å²) in [4.78, 5) is 12.8. The zero-order valence-corrected chi connectivity index (χ0v) is 17.6. The molecule has 0 saturated heterocycles. The molecule has 1 saturated carbocycles. The third-order valence-corrected chi connectivity index (χ3v) is 7.42. The van der Waals surface area contributed by atoms with Crippen molar-refractivity contribution in [3.05, 3.63) is 59.2 Å². The monoisotopic (exact) mass is 412 g/mol. The fraction of sp³-hybridized carbons (Fsp3) is 0.435. The molecule has 1 amide bonds. The van der Waals surface area contributed by atoms with Gasteiger partial charge < -0.3 is 5.32 Å². The molecule has 0 heterocycles. The van der Waals surface area contributed by atoms with Crippen molar-refractivity contribution in [2.24, 2.45) is 0 Å². The van der Waals surface area contributed by atoms with Crippen molar-refractivity contribution in [2.45, 2.75) is 62.2 Å². The van der Waals surface area contributed by atoms with Gasteiger partial charge in [-0.2, -0.15) is 0 Å². The van der Waals surface area contributed by atoms with E-state index < -0.39 is 15.4 Å². The smallest absolute Gasteiger partial charge is 0.261 e. The zero-order valence-electron chi connectivity index (χ0n) is 16.8. The van der Waals surface area contributed by atoms with E-state index in [4.69, 9.17) is 0 Å². The molecular formula is C23H28N2O3S. The Morgan fingerprint density at radius 2 is 1.69 bits per heavy atom. The highest BCUT2D eigenvalue weighted by Crippen LogP contribution is 2.48. The van der Waals surface area contributed by atoms with Crippen LogP contribution in [0.3, 0.4) is 0 Å². The summed E-state index contributed by atoms with van der Waals surface area (Å²) < 4.78 is 28.3. The van der Waals surface area contributed by atoms with Crippen molar-refractivity contribution in [2.75, 3.05) is 11.3 Å². The van der Waals surface area contributed by atoms with Crippen molar-refractivity contribution in [1.82, 2.24) is 5.32 Å². The molecule has 29 heavy (non-hydrogen) atoms. The van der Waals surface area contributed by atoms with Gasteiger partial charge in [-0.15, -0.1) is 0 Å². The summed E-state index contributed by atoms with van der Waals surface area (Å²) >= 11 is 0. The Labute approximate surface area is 173 Å². The summed E-state index contributed by atoms with van der Waals surface area (Å²) in [6.45, 7) is 2.71. The quantitative estimate of drug-likeness (QED) is 0.724. The number of sulfonamides is 1. The molecule has 2 aliphatic carbocycles. The molecule has 5 nitrogen and oxygen atoms in total. The number of hydrogen-bond donors (Lipinski definition) is 2. The Bertz CT molecular complexity index is 1010. The first-order valence-electron chi connectivity index (χ1n) is 10.5. The average Bonchev–Trinajstić information content (AvgIpc) is 3.54. The van der Waals surface area contributed by atoms with Crippen LogP contribution in [0.1, 0.15) is 55.7 Å². The molecule has 0 atom stereocenters. The molecule has 0 aromatic heterocycles. The second-order valence-corrected chi connectivity index (χ2v) is 9.84. The first-order valence-corrected chi connectivity index (χ1v) is 12.0. The summed E-state index contributed by atoms with van der Waals surface area (Å²) in [5, 5.41) is 2.98. The lowest BCUT2D eigenvalue weighted by Gasteiger charge is -2.18. The van der Waals surface area contributed by atoms with Gasteiger partial charge in [0.15, 0.2) is 0 Å². The molecule has 6 heteroatoms. The van der Waals surface area contributed by atoms with Crippen LogP contribution in [0, 0.1) is 0 Å². The number of anilines is 1. The second-order valence-electron chi connectivity index (χ2n) is 8.16. The van der Waals surface area contributed by atoms with Gasteiger partial charge in [0, 0.05) is 12.2 Å². The summed E-state index contributed by atoms with van der Waals surface area (Å²) in [5.74, 6) is 0.0711. The van der Waals surface area contributed by atoms with Crippen molar-refractivity contribution >= 4 is 21.6 Å². The number of hydrogen-bond acceptors (Lipinski definition) is 3. The van der Waals surface area contributed by atoms with Gasteiger partial charge in [-0.1, -0.05) is 25.1 Å². The van der Waals surface area contributed by atoms with Crippen LogP contribution in [0.5, 0.6) is 0 Å². The maximum absolute atomic E-state index is 12.8. The van der Waals surface area contributed by atoms with Crippen LogP contribution in [-0.2, 0) is 33.1 Å². The van der Waals surface area contributed by atoms with Crippen LogP contribution in [-0.4, -0.2) is 20.9 Å². The first kappa shape index (κ1) is 20.0. The van der Waals surface area contributed by atoms with Gasteiger partial charge >= 0.3 is 0 Å². The number of carbonyl (C=O) groups is 1. The lowest BCUT2D eigenvalue weighted by atomic mass is 9.92. The number of fused-ring (bicyclic) bond motifs is 1. The maximum Gasteiger partial charge on any atom is 0.261 e. The summed E-state index contributed by atoms with van der Waals surface area (Å²) in [6.07, 6.45) is 6.82. The molecule has 1 fully saturated rings. The van der Waals surface area contributed by atoms with E-state index in [-0.39, 0.29) is 5.91 Å². The van der Waals surface area contributed by atoms with Gasteiger partial charge in [0.25, 0.3) is 10.0 Å². The van der Waals surface area contributed by atoms with Gasteiger partial charge in [0.2, 0.25) is 5.91 Å². The van der Waals surface area contributed by atoms with E-state index >= 15 is 0 Å². The van der Waals surface area contributed by atoms with E-state index in [0.29, 0.717) is 17.1 Å². The highest BCUT2D eigenvalue weighted by Gasteiger charge is 2.50. The first-order chi connectivity index (χ1) is 13.9. The van der Waals surface area contributed by atoms with E-state index in [2.05, 4.69) is 10.0 Å². The van der Waals surface area contributed by atoms with E-state index in [1.54, 1.807) is 18.2 Å². The number of benzene rings is 2. The topological polar surface area (TPSA) is 75.3 Å². The molecule has 0 aliphatic heterocycles. The fourth-order valence-corrected chi connectivity index (χ4v) is 5.24.